The van der Waals surface area contributed by atoms with Crippen molar-refractivity contribution in [2.75, 3.05) is 11.9 Å². The van der Waals surface area contributed by atoms with Crippen LogP contribution in [-0.2, 0) is 26.3 Å². The van der Waals surface area contributed by atoms with Crippen molar-refractivity contribution in [1.29, 1.82) is 0 Å². The number of hydrogen-bond acceptors (Lipinski definition) is 3. The van der Waals surface area contributed by atoms with Crippen molar-refractivity contribution in [2.24, 2.45) is 11.8 Å². The Bertz CT molecular complexity index is 990. The number of amides is 3. The summed E-state index contributed by atoms with van der Waals surface area (Å²) in [6.07, 6.45) is 0.617. The molecule has 0 radical (unpaired) electrons. The molecule has 0 bridgehead atoms. The second-order valence-electron chi connectivity index (χ2n) is 7.96. The number of nitrogens with two attached hydrogens (primary N) is 1. The number of fused-ring (bicyclic) bond motifs is 4. The molecule has 142 valence electrons. The Morgan fingerprint density at radius 1 is 1.00 bits per heavy atom. The molecule has 3 aliphatic rings. The van der Waals surface area contributed by atoms with Crippen molar-refractivity contribution in [3.63, 3.8) is 0 Å². The molecule has 0 aromatic heterocycles. The van der Waals surface area contributed by atoms with E-state index < -0.39 is 17.4 Å². The molecule has 0 unspecified atom stereocenters. The fraction of sp³-hybridized carbons (Fsp3) is 0.318. The van der Waals surface area contributed by atoms with Crippen molar-refractivity contribution < 1.29 is 19.7 Å². The number of anilines is 1. The van der Waals surface area contributed by atoms with Crippen molar-refractivity contribution in [1.82, 2.24) is 4.90 Å². The number of quaternary nitrogens is 1. The van der Waals surface area contributed by atoms with E-state index in [1.54, 1.807) is 0 Å². The molecule has 0 aliphatic carbocycles. The molecule has 6 nitrogen and oxygen atoms in total. The predicted octanol–water partition coefficient (Wildman–Crippen LogP) is 0.643. The number of likely N-dealkylation sites (tertiary alicyclic amines) is 1. The number of carbonyl (C=O) groups is 3. The molecular formula is C22H22N3O3+. The lowest BCUT2D eigenvalue weighted by Crippen LogP contribution is -2.98. The van der Waals surface area contributed by atoms with Gasteiger partial charge in [0.25, 0.3) is 5.91 Å². The van der Waals surface area contributed by atoms with Crippen LogP contribution < -0.4 is 10.6 Å². The lowest BCUT2D eigenvalue weighted by atomic mass is 9.76. The van der Waals surface area contributed by atoms with Crippen LogP contribution in [0.4, 0.5) is 5.69 Å². The smallest absolute Gasteiger partial charge is 0.291 e. The van der Waals surface area contributed by atoms with Gasteiger partial charge in [0.1, 0.15) is 11.8 Å². The first-order valence-electron chi connectivity index (χ1n) is 9.70. The van der Waals surface area contributed by atoms with Gasteiger partial charge >= 0.3 is 0 Å². The van der Waals surface area contributed by atoms with Gasteiger partial charge in [0.15, 0.2) is 0 Å². The zero-order chi connectivity index (χ0) is 19.5. The zero-order valence-electron chi connectivity index (χ0n) is 15.6. The Balaban J connectivity index is 1.50. The van der Waals surface area contributed by atoms with Gasteiger partial charge in [-0.25, -0.2) is 0 Å². The predicted molar refractivity (Wildman–Crippen MR) is 102 cm³/mol. The number of hydrogen-bond donors (Lipinski definition) is 2. The van der Waals surface area contributed by atoms with Gasteiger partial charge in [-0.2, -0.15) is 0 Å². The molecule has 3 aliphatic heterocycles. The third-order valence-corrected chi connectivity index (χ3v) is 6.49. The quantitative estimate of drug-likeness (QED) is 0.772. The van der Waals surface area contributed by atoms with Crippen molar-refractivity contribution in [3.05, 3.63) is 65.7 Å². The van der Waals surface area contributed by atoms with Crippen molar-refractivity contribution in [3.8, 4) is 0 Å². The molecule has 5 rings (SSSR count). The van der Waals surface area contributed by atoms with Crippen molar-refractivity contribution >= 4 is 23.4 Å². The minimum Gasteiger partial charge on any atom is -0.326 e. The third kappa shape index (κ3) is 2.15. The number of rotatable bonds is 3. The largest absolute Gasteiger partial charge is 0.326 e. The lowest BCUT2D eigenvalue weighted by molar-refractivity contribution is -0.730. The summed E-state index contributed by atoms with van der Waals surface area (Å²) in [7, 11) is 0. The molecule has 3 heterocycles. The van der Waals surface area contributed by atoms with Gasteiger partial charge in [-0.05, 0) is 25.0 Å². The monoisotopic (exact) mass is 376 g/mol. The lowest BCUT2D eigenvalue weighted by Gasteiger charge is -2.25. The Labute approximate surface area is 162 Å². The Morgan fingerprint density at radius 3 is 2.50 bits per heavy atom. The zero-order valence-corrected chi connectivity index (χ0v) is 15.6. The molecule has 1 spiro atoms. The van der Waals surface area contributed by atoms with E-state index in [1.807, 2.05) is 66.8 Å². The number of carbonyl (C=O) groups excluding carboxylic acids is 3. The van der Waals surface area contributed by atoms with Gasteiger partial charge in [-0.3, -0.25) is 19.3 Å². The summed E-state index contributed by atoms with van der Waals surface area (Å²) in [6, 6.07) is 17.2. The molecule has 3 amide bonds. The van der Waals surface area contributed by atoms with Gasteiger partial charge in [0, 0.05) is 12.1 Å². The molecule has 0 saturated carbocycles. The van der Waals surface area contributed by atoms with Crippen LogP contribution >= 0.6 is 0 Å². The summed E-state index contributed by atoms with van der Waals surface area (Å²) in [6.45, 7) is 2.28. The highest BCUT2D eigenvalue weighted by Crippen LogP contribution is 2.48. The van der Waals surface area contributed by atoms with E-state index in [0.717, 1.165) is 16.8 Å². The summed E-state index contributed by atoms with van der Waals surface area (Å²) in [4.78, 5) is 41.0. The number of nitrogens with one attached hydrogen (secondary N) is 1. The minimum absolute atomic E-state index is 0.139. The maximum absolute atomic E-state index is 13.4. The number of para-hydroxylation sites is 1. The molecule has 28 heavy (non-hydrogen) atoms. The first-order chi connectivity index (χ1) is 13.5. The van der Waals surface area contributed by atoms with Crippen LogP contribution in [0.1, 0.15) is 18.1 Å². The highest BCUT2D eigenvalue weighted by Gasteiger charge is 2.73. The minimum atomic E-state index is -1.05. The molecule has 6 heteroatoms. The van der Waals surface area contributed by atoms with Crippen LogP contribution in [-0.4, -0.2) is 35.2 Å². The summed E-state index contributed by atoms with van der Waals surface area (Å²) < 4.78 is 0. The molecule has 2 aromatic rings. The van der Waals surface area contributed by atoms with E-state index in [2.05, 4.69) is 5.32 Å². The van der Waals surface area contributed by atoms with Crippen LogP contribution in [0.5, 0.6) is 0 Å². The van der Waals surface area contributed by atoms with Gasteiger partial charge < -0.3 is 10.6 Å². The van der Waals surface area contributed by atoms with E-state index >= 15 is 0 Å². The van der Waals surface area contributed by atoms with Gasteiger partial charge in [0.05, 0.1) is 11.7 Å². The van der Waals surface area contributed by atoms with Gasteiger partial charge in [-0.1, -0.05) is 48.5 Å². The first-order valence-corrected chi connectivity index (χ1v) is 9.70. The van der Waals surface area contributed by atoms with Crippen LogP contribution in [0, 0.1) is 11.8 Å². The van der Waals surface area contributed by atoms with Gasteiger partial charge in [-0.15, -0.1) is 0 Å². The van der Waals surface area contributed by atoms with E-state index in [0.29, 0.717) is 13.0 Å². The maximum atomic E-state index is 13.4. The standard InChI is InChI=1S/C22H21N3O3/c1-13-17-18(22(24-13)15-9-5-6-10-16(15)23-21(22)28)20(27)25(19(17)26)12-11-14-7-3-2-4-8-14/h2-10,13,17-18,24H,11-12H2,1H3,(H,23,28)/p+1/t13-,17+,18-,22+/m0/s1. The van der Waals surface area contributed by atoms with E-state index in [1.165, 1.54) is 4.90 Å². The number of imide groups is 1. The van der Waals surface area contributed by atoms with Crippen LogP contribution in [0.2, 0.25) is 0 Å². The summed E-state index contributed by atoms with van der Waals surface area (Å²) >= 11 is 0. The fourth-order valence-corrected chi connectivity index (χ4v) is 5.26. The fourth-order valence-electron chi connectivity index (χ4n) is 5.26. The topological polar surface area (TPSA) is 83.1 Å². The SMILES string of the molecule is C[C@@H]1[NH2+][C@@]2(C(=O)Nc3ccccc32)[C@@H]2C(=O)N(CCc3ccccc3)C(=O)[C@H]12. The average Bonchev–Trinajstić information content (AvgIpc) is 3.26. The van der Waals surface area contributed by atoms with Gasteiger partial charge in [0.2, 0.25) is 17.4 Å². The highest BCUT2D eigenvalue weighted by atomic mass is 16.2. The summed E-state index contributed by atoms with van der Waals surface area (Å²) in [5, 5.41) is 4.84. The summed E-state index contributed by atoms with van der Waals surface area (Å²) in [5.41, 5.74) is 1.58. The molecule has 3 N–H and O–H groups in total. The second kappa shape index (κ2) is 6.01. The van der Waals surface area contributed by atoms with Crippen molar-refractivity contribution in [2.45, 2.75) is 24.9 Å². The number of benzene rings is 2. The molecule has 2 fully saturated rings. The Hall–Kier alpha value is -2.99. The van der Waals surface area contributed by atoms with E-state index in [-0.39, 0.29) is 23.8 Å². The number of nitrogens with zero attached hydrogens (tertiary/aromatic N) is 1. The normalized spacial score (nSPS) is 30.7. The Morgan fingerprint density at radius 2 is 1.71 bits per heavy atom. The second-order valence-corrected chi connectivity index (χ2v) is 7.96. The van der Waals surface area contributed by atoms with Crippen LogP contribution in [0.15, 0.2) is 54.6 Å². The summed E-state index contributed by atoms with van der Waals surface area (Å²) in [5.74, 6) is -1.70. The molecule has 2 aromatic carbocycles. The van der Waals surface area contributed by atoms with Crippen LogP contribution in [0.3, 0.4) is 0 Å². The molecule has 2 saturated heterocycles. The van der Waals surface area contributed by atoms with Crippen LogP contribution in [0.25, 0.3) is 0 Å². The molecular weight excluding hydrogens is 354 g/mol. The third-order valence-electron chi connectivity index (χ3n) is 6.49. The van der Waals surface area contributed by atoms with E-state index in [4.69, 9.17) is 0 Å². The first kappa shape index (κ1) is 17.1. The maximum Gasteiger partial charge on any atom is 0.291 e. The van der Waals surface area contributed by atoms with E-state index in [9.17, 15) is 14.4 Å². The molecule has 4 atom stereocenters. The average molecular weight is 376 g/mol. The highest BCUT2D eigenvalue weighted by molar-refractivity contribution is 6.13. The Kier molecular flexibility index (Phi) is 3.67.